The van der Waals surface area contributed by atoms with E-state index in [2.05, 4.69) is 22.1 Å². The Labute approximate surface area is 141 Å². The fourth-order valence-electron chi connectivity index (χ4n) is 2.95. The third-order valence-corrected chi connectivity index (χ3v) is 4.54. The number of rotatable bonds is 2. The van der Waals surface area contributed by atoms with Crippen molar-refractivity contribution in [3.63, 3.8) is 0 Å². The Morgan fingerprint density at radius 3 is 2.70 bits per heavy atom. The first kappa shape index (κ1) is 16.5. The van der Waals surface area contributed by atoms with E-state index in [4.69, 9.17) is 16.3 Å². The van der Waals surface area contributed by atoms with Gasteiger partial charge in [-0.1, -0.05) is 23.4 Å². The fraction of sp³-hybridized carbons (Fsp3) is 0.588. The van der Waals surface area contributed by atoms with Crippen LogP contribution in [0.15, 0.2) is 12.3 Å². The van der Waals surface area contributed by atoms with Gasteiger partial charge in [0.05, 0.1) is 30.1 Å². The van der Waals surface area contributed by atoms with Crippen LogP contribution in [-0.4, -0.2) is 46.2 Å². The lowest BCUT2D eigenvalue weighted by Gasteiger charge is -2.27. The normalized spacial score (nSPS) is 30.6. The highest BCUT2D eigenvalue weighted by molar-refractivity contribution is 6.29. The molecule has 0 aromatic carbocycles. The van der Waals surface area contributed by atoms with Crippen molar-refractivity contribution < 1.29 is 14.9 Å². The number of anilines is 1. The lowest BCUT2D eigenvalue weighted by molar-refractivity contribution is 0.0811. The molecule has 5 nitrogen and oxygen atoms in total. The Morgan fingerprint density at radius 2 is 2.00 bits per heavy atom. The molecule has 3 N–H and O–H groups in total. The zero-order chi connectivity index (χ0) is 16.2. The number of hydrogen-bond donors (Lipinski definition) is 3. The molecule has 1 saturated carbocycles. The molecule has 2 heterocycles. The lowest BCUT2D eigenvalue weighted by Crippen LogP contribution is -2.28. The Hall–Kier alpha value is -1.32. The van der Waals surface area contributed by atoms with E-state index in [1.807, 2.05) is 0 Å². The van der Waals surface area contributed by atoms with Crippen molar-refractivity contribution in [1.82, 2.24) is 4.98 Å². The second-order valence-electron chi connectivity index (χ2n) is 6.12. The highest BCUT2D eigenvalue weighted by atomic mass is 35.5. The van der Waals surface area contributed by atoms with Crippen molar-refractivity contribution in [2.45, 2.75) is 56.5 Å². The van der Waals surface area contributed by atoms with Crippen molar-refractivity contribution in [2.24, 2.45) is 0 Å². The molecule has 3 rings (SSSR count). The number of aliphatic hydroxyl groups excluding tert-OH is 2. The summed E-state index contributed by atoms with van der Waals surface area (Å²) in [6, 6.07) is 2.06. The van der Waals surface area contributed by atoms with E-state index in [9.17, 15) is 10.2 Å². The van der Waals surface area contributed by atoms with Crippen molar-refractivity contribution in [2.75, 3.05) is 11.9 Å². The molecule has 23 heavy (non-hydrogen) atoms. The topological polar surface area (TPSA) is 74.6 Å². The molecule has 6 heteroatoms. The average molecular weight is 337 g/mol. The molecule has 1 aliphatic carbocycles. The summed E-state index contributed by atoms with van der Waals surface area (Å²) >= 11 is 6.00. The minimum atomic E-state index is -0.529. The number of pyridine rings is 1. The summed E-state index contributed by atoms with van der Waals surface area (Å²) in [5, 5.41) is 23.2. The molecule has 1 aliphatic heterocycles. The van der Waals surface area contributed by atoms with Crippen molar-refractivity contribution >= 4 is 17.3 Å². The van der Waals surface area contributed by atoms with Gasteiger partial charge in [-0.05, 0) is 31.7 Å². The molecule has 0 bridgehead atoms. The van der Waals surface area contributed by atoms with Crippen LogP contribution in [0.4, 0.5) is 5.69 Å². The van der Waals surface area contributed by atoms with Gasteiger partial charge in [0, 0.05) is 18.7 Å². The van der Waals surface area contributed by atoms with Gasteiger partial charge in [0.25, 0.3) is 0 Å². The van der Waals surface area contributed by atoms with E-state index >= 15 is 0 Å². The van der Waals surface area contributed by atoms with Gasteiger partial charge in [-0.25, -0.2) is 4.98 Å². The molecule has 0 spiro atoms. The third kappa shape index (κ3) is 4.36. The standard InChI is InChI=1S/C17H21ClN2O3/c18-17-9-14(20-12-2-4-13(21)5-3-12)11(10-19-17)1-6-16-15(22)7-8-23-16/h9-10,12-13,15-16,21-22H,2-5,7-8H2,(H,19,20). The number of aliphatic hydroxyl groups is 2. The summed E-state index contributed by atoms with van der Waals surface area (Å²) in [5.41, 5.74) is 1.58. The minimum absolute atomic E-state index is 0.186. The van der Waals surface area contributed by atoms with Crippen LogP contribution in [-0.2, 0) is 4.74 Å². The maximum absolute atomic E-state index is 9.76. The van der Waals surface area contributed by atoms with E-state index in [1.54, 1.807) is 12.3 Å². The van der Waals surface area contributed by atoms with Gasteiger partial charge in [0.15, 0.2) is 0 Å². The van der Waals surface area contributed by atoms with Crippen LogP contribution in [0.5, 0.6) is 0 Å². The number of ether oxygens (including phenoxy) is 1. The van der Waals surface area contributed by atoms with E-state index in [-0.39, 0.29) is 6.10 Å². The smallest absolute Gasteiger partial charge is 0.144 e. The van der Waals surface area contributed by atoms with Crippen molar-refractivity contribution in [1.29, 1.82) is 0 Å². The Bertz CT molecular complexity index is 606. The van der Waals surface area contributed by atoms with Gasteiger partial charge in [0.1, 0.15) is 11.3 Å². The summed E-state index contributed by atoms with van der Waals surface area (Å²) in [4.78, 5) is 4.09. The zero-order valence-electron chi connectivity index (χ0n) is 12.8. The molecule has 2 aliphatic rings. The maximum Gasteiger partial charge on any atom is 0.144 e. The minimum Gasteiger partial charge on any atom is -0.393 e. The average Bonchev–Trinajstić information content (AvgIpc) is 2.94. The van der Waals surface area contributed by atoms with Crippen LogP contribution >= 0.6 is 11.6 Å². The quantitative estimate of drug-likeness (QED) is 0.568. The molecule has 2 fully saturated rings. The first-order valence-electron chi connectivity index (χ1n) is 8.03. The van der Waals surface area contributed by atoms with Crippen LogP contribution < -0.4 is 5.32 Å². The molecule has 2 atom stereocenters. The second-order valence-corrected chi connectivity index (χ2v) is 6.51. The monoisotopic (exact) mass is 336 g/mol. The Kier molecular flexibility index (Phi) is 5.39. The van der Waals surface area contributed by atoms with Crippen LogP contribution in [0.25, 0.3) is 0 Å². The number of nitrogens with zero attached hydrogens (tertiary/aromatic N) is 1. The molecule has 1 aromatic rings. The van der Waals surface area contributed by atoms with E-state index in [1.165, 1.54) is 0 Å². The predicted molar refractivity (Wildman–Crippen MR) is 88.4 cm³/mol. The number of aromatic nitrogens is 1. The maximum atomic E-state index is 9.76. The van der Waals surface area contributed by atoms with Gasteiger partial charge in [-0.2, -0.15) is 0 Å². The summed E-state index contributed by atoms with van der Waals surface area (Å²) in [6.07, 6.45) is 4.54. The molecule has 1 aromatic heterocycles. The number of halogens is 1. The molecule has 1 saturated heterocycles. The summed E-state index contributed by atoms with van der Waals surface area (Å²) in [7, 11) is 0. The second kappa shape index (κ2) is 7.50. The lowest BCUT2D eigenvalue weighted by atomic mass is 9.93. The van der Waals surface area contributed by atoms with Crippen molar-refractivity contribution in [3.8, 4) is 11.8 Å². The SMILES string of the molecule is OC1CCC(Nc2cc(Cl)ncc2C#CC2OCCC2O)CC1. The predicted octanol–water partition coefficient (Wildman–Crippen LogP) is 1.95. The molecular formula is C17H21ClN2O3. The molecular weight excluding hydrogens is 316 g/mol. The number of nitrogens with one attached hydrogen (secondary N) is 1. The fourth-order valence-corrected chi connectivity index (χ4v) is 3.11. The summed E-state index contributed by atoms with van der Waals surface area (Å²) in [6.45, 7) is 0.537. The van der Waals surface area contributed by atoms with Gasteiger partial charge < -0.3 is 20.3 Å². The Morgan fingerprint density at radius 1 is 1.22 bits per heavy atom. The first-order chi connectivity index (χ1) is 11.1. The molecule has 0 amide bonds. The third-order valence-electron chi connectivity index (χ3n) is 4.34. The van der Waals surface area contributed by atoms with Gasteiger partial charge >= 0.3 is 0 Å². The highest BCUT2D eigenvalue weighted by Gasteiger charge is 2.24. The molecule has 124 valence electrons. The summed E-state index contributed by atoms with van der Waals surface area (Å²) < 4.78 is 5.39. The van der Waals surface area contributed by atoms with Crippen LogP contribution in [0, 0.1) is 11.8 Å². The van der Waals surface area contributed by atoms with E-state index < -0.39 is 12.2 Å². The van der Waals surface area contributed by atoms with Gasteiger partial charge in [-0.15, -0.1) is 0 Å². The van der Waals surface area contributed by atoms with E-state index in [0.29, 0.717) is 24.2 Å². The van der Waals surface area contributed by atoms with Crippen LogP contribution in [0.3, 0.4) is 0 Å². The zero-order valence-corrected chi connectivity index (χ0v) is 13.6. The molecule has 0 radical (unpaired) electrons. The van der Waals surface area contributed by atoms with E-state index in [0.717, 1.165) is 36.9 Å². The first-order valence-corrected chi connectivity index (χ1v) is 8.41. The number of hydrogen-bond acceptors (Lipinski definition) is 5. The largest absolute Gasteiger partial charge is 0.393 e. The molecule has 2 unspecified atom stereocenters. The van der Waals surface area contributed by atoms with Crippen LogP contribution in [0.1, 0.15) is 37.7 Å². The van der Waals surface area contributed by atoms with Gasteiger partial charge in [0.2, 0.25) is 0 Å². The Balaban J connectivity index is 1.74. The van der Waals surface area contributed by atoms with Gasteiger partial charge in [-0.3, -0.25) is 0 Å². The van der Waals surface area contributed by atoms with Crippen LogP contribution in [0.2, 0.25) is 5.15 Å². The van der Waals surface area contributed by atoms with Crippen molar-refractivity contribution in [3.05, 3.63) is 23.0 Å². The highest BCUT2D eigenvalue weighted by Crippen LogP contribution is 2.25. The summed E-state index contributed by atoms with van der Waals surface area (Å²) in [5.74, 6) is 6.01.